The number of aromatic nitrogens is 2. The van der Waals surface area contributed by atoms with Gasteiger partial charge in [0.25, 0.3) is 0 Å². The van der Waals surface area contributed by atoms with Crippen LogP contribution in [0.5, 0.6) is 0 Å². The number of ether oxygens (including phenoxy) is 1. The third-order valence-corrected chi connectivity index (χ3v) is 4.79. The summed E-state index contributed by atoms with van der Waals surface area (Å²) in [5.41, 5.74) is 3.39. The second-order valence-corrected chi connectivity index (χ2v) is 7.74. The molecule has 166 valence electrons. The molecule has 0 saturated heterocycles. The van der Waals surface area contributed by atoms with Gasteiger partial charge in [0.2, 0.25) is 11.6 Å². The minimum Gasteiger partial charge on any atom is -0.462 e. The number of carbonyl (C=O) groups excluding carboxylic acids is 1. The maximum absolute atomic E-state index is 12.1. The first-order valence-electron chi connectivity index (χ1n) is 10.1. The molecule has 9 nitrogen and oxygen atoms in total. The van der Waals surface area contributed by atoms with Gasteiger partial charge in [-0.3, -0.25) is 10.1 Å². The lowest BCUT2D eigenvalue weighted by atomic mass is 10.1. The molecule has 0 radical (unpaired) electrons. The van der Waals surface area contributed by atoms with Gasteiger partial charge in [0.15, 0.2) is 0 Å². The summed E-state index contributed by atoms with van der Waals surface area (Å²) in [6.45, 7) is 8.14. The Balaban J connectivity index is 1.84. The molecule has 0 amide bonds. The summed E-state index contributed by atoms with van der Waals surface area (Å²) in [5, 5.41) is 17.8. The fourth-order valence-electron chi connectivity index (χ4n) is 2.90. The summed E-state index contributed by atoms with van der Waals surface area (Å²) in [5.74, 6) is -0.0640. The normalized spacial score (nSPS) is 10.7. The van der Waals surface area contributed by atoms with Crippen molar-refractivity contribution in [3.8, 4) is 0 Å². The molecule has 3 aromatic rings. The predicted molar refractivity (Wildman–Crippen MR) is 123 cm³/mol. The lowest BCUT2D eigenvalue weighted by Gasteiger charge is -2.13. The molecule has 0 fully saturated rings. The van der Waals surface area contributed by atoms with Crippen LogP contribution in [0.3, 0.4) is 0 Å². The third kappa shape index (κ3) is 5.37. The Kier molecular flexibility index (Phi) is 6.99. The first kappa shape index (κ1) is 22.7. The van der Waals surface area contributed by atoms with Crippen molar-refractivity contribution >= 4 is 34.7 Å². The van der Waals surface area contributed by atoms with E-state index in [9.17, 15) is 14.9 Å². The molecule has 1 aromatic heterocycles. The number of nitrogens with zero attached hydrogens (tertiary/aromatic N) is 3. The van der Waals surface area contributed by atoms with E-state index in [1.807, 2.05) is 45.9 Å². The smallest absolute Gasteiger partial charge is 0.353 e. The molecule has 0 saturated carbocycles. The molecule has 1 heterocycles. The second-order valence-electron chi connectivity index (χ2n) is 7.74. The van der Waals surface area contributed by atoms with Crippen molar-refractivity contribution < 1.29 is 14.5 Å². The highest BCUT2D eigenvalue weighted by Crippen LogP contribution is 2.34. The molecule has 9 heteroatoms. The maximum atomic E-state index is 12.1. The molecule has 0 bridgehead atoms. The van der Waals surface area contributed by atoms with E-state index in [-0.39, 0.29) is 23.2 Å². The number of esters is 1. The number of anilines is 4. The first-order valence-corrected chi connectivity index (χ1v) is 10.1. The number of hydrogen-bond acceptors (Lipinski definition) is 8. The van der Waals surface area contributed by atoms with Crippen LogP contribution < -0.4 is 10.6 Å². The minimum absolute atomic E-state index is 0.0351. The van der Waals surface area contributed by atoms with Gasteiger partial charge in [0.1, 0.15) is 6.33 Å². The number of benzene rings is 2. The summed E-state index contributed by atoms with van der Waals surface area (Å²) >= 11 is 0. The topological polar surface area (TPSA) is 119 Å². The average Bonchev–Trinajstić information content (AvgIpc) is 2.75. The zero-order valence-corrected chi connectivity index (χ0v) is 18.4. The molecular formula is C23H25N5O4. The Hall–Kier alpha value is -4.01. The zero-order chi connectivity index (χ0) is 23.3. The van der Waals surface area contributed by atoms with Gasteiger partial charge in [-0.25, -0.2) is 14.8 Å². The van der Waals surface area contributed by atoms with Crippen LogP contribution in [-0.4, -0.2) is 27.5 Å². The largest absolute Gasteiger partial charge is 0.462 e. The van der Waals surface area contributed by atoms with Crippen LogP contribution in [-0.2, 0) is 4.74 Å². The molecule has 2 N–H and O–H groups in total. The number of hydrogen-bond donors (Lipinski definition) is 2. The molecule has 2 aromatic carbocycles. The van der Waals surface area contributed by atoms with Gasteiger partial charge in [-0.2, -0.15) is 0 Å². The Morgan fingerprint density at radius 2 is 1.72 bits per heavy atom. The van der Waals surface area contributed by atoms with Gasteiger partial charge >= 0.3 is 11.7 Å². The van der Waals surface area contributed by atoms with Gasteiger partial charge in [-0.15, -0.1) is 0 Å². The Morgan fingerprint density at radius 3 is 2.34 bits per heavy atom. The monoisotopic (exact) mass is 435 g/mol. The molecule has 0 aliphatic heterocycles. The van der Waals surface area contributed by atoms with Crippen molar-refractivity contribution in [1.29, 1.82) is 0 Å². The van der Waals surface area contributed by atoms with E-state index in [0.717, 1.165) is 16.8 Å². The first-order chi connectivity index (χ1) is 15.3. The van der Waals surface area contributed by atoms with Crippen molar-refractivity contribution in [2.24, 2.45) is 5.92 Å². The molecule has 0 aliphatic carbocycles. The highest BCUT2D eigenvalue weighted by atomic mass is 16.6. The van der Waals surface area contributed by atoms with Crippen molar-refractivity contribution in [3.63, 3.8) is 0 Å². The van der Waals surface area contributed by atoms with E-state index < -0.39 is 10.9 Å². The maximum Gasteiger partial charge on any atom is 0.353 e. The quantitative estimate of drug-likeness (QED) is 0.278. The summed E-state index contributed by atoms with van der Waals surface area (Å²) in [7, 11) is 0. The molecular weight excluding hydrogens is 410 g/mol. The Bertz CT molecular complexity index is 1130. The Morgan fingerprint density at radius 1 is 1.06 bits per heavy atom. The van der Waals surface area contributed by atoms with Gasteiger partial charge in [-0.05, 0) is 61.2 Å². The summed E-state index contributed by atoms with van der Waals surface area (Å²) in [6.07, 6.45) is 1.25. The van der Waals surface area contributed by atoms with Crippen molar-refractivity contribution in [2.45, 2.75) is 27.7 Å². The van der Waals surface area contributed by atoms with Crippen molar-refractivity contribution in [1.82, 2.24) is 9.97 Å². The number of rotatable bonds is 8. The van der Waals surface area contributed by atoms with Crippen LogP contribution in [0.1, 0.15) is 35.3 Å². The van der Waals surface area contributed by atoms with Crippen LogP contribution in [0.15, 0.2) is 48.8 Å². The lowest BCUT2D eigenvalue weighted by Crippen LogP contribution is -2.10. The standard InChI is InChI=1S/C23H25N5O4/c1-14(2)12-32-23(29)17-8-10-18(11-9-17)26-21-20(28(30)31)22(25-13-24-21)27-19-7-5-6-15(3)16(19)4/h5-11,13-14H,12H2,1-4H3,(H2,24,25,26,27). The van der Waals surface area contributed by atoms with Crippen LogP contribution in [0.4, 0.5) is 28.7 Å². The molecule has 0 unspecified atom stereocenters. The molecule has 0 atom stereocenters. The number of nitro groups is 1. The number of aryl methyl sites for hydroxylation is 1. The van der Waals surface area contributed by atoms with Gasteiger partial charge < -0.3 is 15.4 Å². The third-order valence-electron chi connectivity index (χ3n) is 4.79. The molecule has 0 aliphatic rings. The van der Waals surface area contributed by atoms with Gasteiger partial charge in [0, 0.05) is 11.4 Å². The molecule has 0 spiro atoms. The number of carbonyl (C=O) groups is 1. The SMILES string of the molecule is Cc1cccc(Nc2ncnc(Nc3ccc(C(=O)OCC(C)C)cc3)c2[N+](=O)[O-])c1C. The van der Waals surface area contributed by atoms with Crippen LogP contribution in [0.2, 0.25) is 0 Å². The highest BCUT2D eigenvalue weighted by molar-refractivity contribution is 5.90. The van der Waals surface area contributed by atoms with Gasteiger partial charge in [0.05, 0.1) is 17.1 Å². The zero-order valence-electron chi connectivity index (χ0n) is 18.4. The van der Waals surface area contributed by atoms with Gasteiger partial charge in [-0.1, -0.05) is 26.0 Å². The van der Waals surface area contributed by atoms with E-state index in [1.54, 1.807) is 24.3 Å². The highest BCUT2D eigenvalue weighted by Gasteiger charge is 2.24. The average molecular weight is 435 g/mol. The van der Waals surface area contributed by atoms with Crippen molar-refractivity contribution in [2.75, 3.05) is 17.2 Å². The van der Waals surface area contributed by atoms with E-state index >= 15 is 0 Å². The fraction of sp³-hybridized carbons (Fsp3) is 0.261. The van der Waals surface area contributed by atoms with Crippen LogP contribution in [0.25, 0.3) is 0 Å². The van der Waals surface area contributed by atoms with E-state index in [2.05, 4.69) is 20.6 Å². The molecule has 3 rings (SSSR count). The van der Waals surface area contributed by atoms with E-state index in [4.69, 9.17) is 4.74 Å². The lowest BCUT2D eigenvalue weighted by molar-refractivity contribution is -0.383. The minimum atomic E-state index is -0.534. The van der Waals surface area contributed by atoms with E-state index in [1.165, 1.54) is 6.33 Å². The predicted octanol–water partition coefficient (Wildman–Crippen LogP) is 5.30. The fourth-order valence-corrected chi connectivity index (χ4v) is 2.90. The second kappa shape index (κ2) is 9.86. The Labute approximate surface area is 186 Å². The summed E-state index contributed by atoms with van der Waals surface area (Å²) in [4.78, 5) is 31.5. The van der Waals surface area contributed by atoms with Crippen LogP contribution >= 0.6 is 0 Å². The van der Waals surface area contributed by atoms with Crippen LogP contribution in [0, 0.1) is 29.9 Å². The summed E-state index contributed by atoms with van der Waals surface area (Å²) in [6, 6.07) is 12.1. The summed E-state index contributed by atoms with van der Waals surface area (Å²) < 4.78 is 5.21. The number of nitrogens with one attached hydrogen (secondary N) is 2. The molecule has 32 heavy (non-hydrogen) atoms. The van der Waals surface area contributed by atoms with Crippen molar-refractivity contribution in [3.05, 3.63) is 75.6 Å². The van der Waals surface area contributed by atoms with E-state index in [0.29, 0.717) is 17.9 Å².